The highest BCUT2D eigenvalue weighted by molar-refractivity contribution is 5.90. The van der Waals surface area contributed by atoms with Gasteiger partial charge in [-0.15, -0.1) is 0 Å². The maximum atomic E-state index is 13.8. The number of esters is 1. The number of carboxylic acids is 1. The Labute approximate surface area is 113 Å². The second-order valence-corrected chi connectivity index (χ2v) is 3.90. The van der Waals surface area contributed by atoms with Crippen molar-refractivity contribution in [3.63, 3.8) is 0 Å². The van der Waals surface area contributed by atoms with Crippen molar-refractivity contribution >= 4 is 11.9 Å². The van der Waals surface area contributed by atoms with E-state index in [2.05, 4.69) is 9.72 Å². The summed E-state index contributed by atoms with van der Waals surface area (Å²) in [5.74, 6) is -2.70. The summed E-state index contributed by atoms with van der Waals surface area (Å²) in [6.45, 7) is 0. The zero-order valence-electron chi connectivity index (χ0n) is 10.5. The van der Waals surface area contributed by atoms with Gasteiger partial charge in [0.1, 0.15) is 11.5 Å². The van der Waals surface area contributed by atoms with Gasteiger partial charge < -0.3 is 9.84 Å². The maximum Gasteiger partial charge on any atom is 0.354 e. The number of pyridine rings is 1. The smallest absolute Gasteiger partial charge is 0.354 e. The number of rotatable bonds is 3. The van der Waals surface area contributed by atoms with Crippen LogP contribution in [-0.2, 0) is 4.74 Å². The molecule has 2 aromatic rings. The lowest BCUT2D eigenvalue weighted by atomic mass is 10.1. The molecule has 6 heteroatoms. The number of hydrogen-bond donors (Lipinski definition) is 1. The lowest BCUT2D eigenvalue weighted by Crippen LogP contribution is -2.05. The summed E-state index contributed by atoms with van der Waals surface area (Å²) < 4.78 is 18.2. The van der Waals surface area contributed by atoms with E-state index in [0.717, 1.165) is 13.2 Å². The van der Waals surface area contributed by atoms with Gasteiger partial charge in [-0.05, 0) is 24.3 Å². The zero-order chi connectivity index (χ0) is 14.7. The molecule has 0 unspecified atom stereocenters. The molecule has 2 rings (SSSR count). The van der Waals surface area contributed by atoms with Gasteiger partial charge in [0.05, 0.1) is 18.4 Å². The van der Waals surface area contributed by atoms with Gasteiger partial charge in [0.25, 0.3) is 0 Å². The molecule has 1 aromatic carbocycles. The Balaban J connectivity index is 2.44. The molecular weight excluding hydrogens is 265 g/mol. The molecule has 0 aliphatic carbocycles. The third-order valence-electron chi connectivity index (χ3n) is 2.64. The Morgan fingerprint density at radius 1 is 1.25 bits per heavy atom. The molecule has 102 valence electrons. The van der Waals surface area contributed by atoms with E-state index in [-0.39, 0.29) is 11.3 Å². The number of aromatic carboxylic acids is 1. The van der Waals surface area contributed by atoms with Crippen molar-refractivity contribution < 1.29 is 23.8 Å². The van der Waals surface area contributed by atoms with Gasteiger partial charge in [0.2, 0.25) is 0 Å². The Morgan fingerprint density at radius 3 is 2.60 bits per heavy atom. The Kier molecular flexibility index (Phi) is 3.74. The van der Waals surface area contributed by atoms with E-state index >= 15 is 0 Å². The van der Waals surface area contributed by atoms with Gasteiger partial charge in [-0.3, -0.25) is 0 Å². The van der Waals surface area contributed by atoms with Crippen LogP contribution in [0, 0.1) is 5.82 Å². The Bertz CT molecular complexity index is 685. The first-order valence-electron chi connectivity index (χ1n) is 5.61. The topological polar surface area (TPSA) is 76.5 Å². The van der Waals surface area contributed by atoms with Crippen LogP contribution in [0.1, 0.15) is 20.8 Å². The Hall–Kier alpha value is -2.76. The van der Waals surface area contributed by atoms with Crippen LogP contribution in [0.15, 0.2) is 36.4 Å². The summed E-state index contributed by atoms with van der Waals surface area (Å²) in [6.07, 6.45) is 0. The van der Waals surface area contributed by atoms with Crippen molar-refractivity contribution in [1.29, 1.82) is 0 Å². The van der Waals surface area contributed by atoms with E-state index in [4.69, 9.17) is 5.11 Å². The van der Waals surface area contributed by atoms with Crippen LogP contribution >= 0.6 is 0 Å². The van der Waals surface area contributed by atoms with E-state index in [9.17, 15) is 14.0 Å². The third kappa shape index (κ3) is 2.64. The van der Waals surface area contributed by atoms with Crippen molar-refractivity contribution in [2.75, 3.05) is 7.11 Å². The highest BCUT2D eigenvalue weighted by Crippen LogP contribution is 2.21. The molecule has 1 heterocycles. The van der Waals surface area contributed by atoms with Crippen molar-refractivity contribution in [1.82, 2.24) is 4.98 Å². The summed E-state index contributed by atoms with van der Waals surface area (Å²) in [4.78, 5) is 26.0. The van der Waals surface area contributed by atoms with Gasteiger partial charge in [-0.25, -0.2) is 19.0 Å². The van der Waals surface area contributed by atoms with Crippen LogP contribution in [0.3, 0.4) is 0 Å². The maximum absolute atomic E-state index is 13.8. The minimum atomic E-state index is -1.17. The molecule has 5 nitrogen and oxygen atoms in total. The first kappa shape index (κ1) is 13.7. The summed E-state index contributed by atoms with van der Waals surface area (Å²) in [7, 11) is 1.16. The van der Waals surface area contributed by atoms with Crippen LogP contribution in [0.5, 0.6) is 0 Å². The first-order chi connectivity index (χ1) is 9.52. The highest BCUT2D eigenvalue weighted by Gasteiger charge is 2.14. The molecule has 20 heavy (non-hydrogen) atoms. The van der Waals surface area contributed by atoms with Crippen molar-refractivity contribution in [3.05, 3.63) is 53.5 Å². The zero-order valence-corrected chi connectivity index (χ0v) is 10.5. The molecule has 0 fully saturated rings. The number of benzene rings is 1. The highest BCUT2D eigenvalue weighted by atomic mass is 19.1. The average Bonchev–Trinajstić information content (AvgIpc) is 2.46. The van der Waals surface area contributed by atoms with Crippen LogP contribution in [0.2, 0.25) is 0 Å². The summed E-state index contributed by atoms with van der Waals surface area (Å²) in [6, 6.07) is 8.26. The number of halogens is 1. The largest absolute Gasteiger partial charge is 0.477 e. The monoisotopic (exact) mass is 275 g/mol. The van der Waals surface area contributed by atoms with Crippen LogP contribution in [0.4, 0.5) is 4.39 Å². The minimum Gasteiger partial charge on any atom is -0.477 e. The predicted molar refractivity (Wildman–Crippen MR) is 67.9 cm³/mol. The van der Waals surface area contributed by atoms with Gasteiger partial charge in [-0.1, -0.05) is 12.1 Å². The standard InChI is InChI=1S/C14H10FNO4/c1-20-14(19)9-6-5-8(7-10(9)15)11-3-2-4-12(16-11)13(17)18/h2-7H,1H3,(H,17,18). The van der Waals surface area contributed by atoms with Gasteiger partial charge >= 0.3 is 11.9 Å². The fraction of sp³-hybridized carbons (Fsp3) is 0.0714. The summed E-state index contributed by atoms with van der Waals surface area (Å²) in [5, 5.41) is 8.86. The second kappa shape index (κ2) is 5.48. The van der Waals surface area contributed by atoms with E-state index in [0.29, 0.717) is 11.3 Å². The lowest BCUT2D eigenvalue weighted by Gasteiger charge is -2.05. The van der Waals surface area contributed by atoms with E-state index in [1.54, 1.807) is 6.07 Å². The Morgan fingerprint density at radius 2 is 2.00 bits per heavy atom. The fourth-order valence-corrected chi connectivity index (χ4v) is 1.66. The van der Waals surface area contributed by atoms with Crippen molar-refractivity contribution in [2.24, 2.45) is 0 Å². The lowest BCUT2D eigenvalue weighted by molar-refractivity contribution is 0.0594. The number of methoxy groups -OCH3 is 1. The molecule has 0 spiro atoms. The van der Waals surface area contributed by atoms with Crippen LogP contribution in [0.25, 0.3) is 11.3 Å². The van der Waals surface area contributed by atoms with Gasteiger partial charge in [0.15, 0.2) is 0 Å². The molecule has 1 aromatic heterocycles. The molecule has 0 aliphatic rings. The minimum absolute atomic E-state index is 0.139. The first-order valence-corrected chi connectivity index (χ1v) is 5.61. The average molecular weight is 275 g/mol. The molecule has 0 saturated heterocycles. The van der Waals surface area contributed by atoms with Crippen molar-refractivity contribution in [2.45, 2.75) is 0 Å². The molecule has 0 atom stereocenters. The summed E-state index contributed by atoms with van der Waals surface area (Å²) in [5.41, 5.74) is 0.351. The molecular formula is C14H10FNO4. The molecule has 0 amide bonds. The number of carbonyl (C=O) groups excluding carboxylic acids is 1. The molecule has 0 aliphatic heterocycles. The van der Waals surface area contributed by atoms with Gasteiger partial charge in [-0.2, -0.15) is 0 Å². The number of nitrogens with zero attached hydrogens (tertiary/aromatic N) is 1. The summed E-state index contributed by atoms with van der Waals surface area (Å²) >= 11 is 0. The number of ether oxygens (including phenoxy) is 1. The predicted octanol–water partition coefficient (Wildman–Crippen LogP) is 2.37. The van der Waals surface area contributed by atoms with E-state index in [1.807, 2.05) is 0 Å². The van der Waals surface area contributed by atoms with Crippen LogP contribution in [-0.4, -0.2) is 29.1 Å². The normalized spacial score (nSPS) is 10.1. The molecule has 1 N–H and O–H groups in total. The third-order valence-corrected chi connectivity index (χ3v) is 2.64. The van der Waals surface area contributed by atoms with Crippen molar-refractivity contribution in [3.8, 4) is 11.3 Å². The van der Waals surface area contributed by atoms with E-state index < -0.39 is 17.8 Å². The SMILES string of the molecule is COC(=O)c1ccc(-c2cccc(C(=O)O)n2)cc1F. The number of aromatic nitrogens is 1. The molecule has 0 radical (unpaired) electrons. The van der Waals surface area contributed by atoms with Crippen LogP contribution < -0.4 is 0 Å². The number of hydrogen-bond acceptors (Lipinski definition) is 4. The quantitative estimate of drug-likeness (QED) is 0.870. The van der Waals surface area contributed by atoms with E-state index in [1.165, 1.54) is 24.3 Å². The van der Waals surface area contributed by atoms with Gasteiger partial charge in [0, 0.05) is 5.56 Å². The fourth-order valence-electron chi connectivity index (χ4n) is 1.66. The molecule has 0 bridgehead atoms. The number of carboxylic acid groups (broad SMARTS) is 1. The number of carbonyl (C=O) groups is 2. The second-order valence-electron chi connectivity index (χ2n) is 3.90. The molecule has 0 saturated carbocycles.